The first-order valence-electron chi connectivity index (χ1n) is 7.78. The van der Waals surface area contributed by atoms with Crippen LogP contribution in [0.15, 0.2) is 0 Å². The van der Waals surface area contributed by atoms with Gasteiger partial charge in [-0.2, -0.15) is 0 Å². The van der Waals surface area contributed by atoms with Gasteiger partial charge in [-0.3, -0.25) is 4.79 Å². The van der Waals surface area contributed by atoms with Crippen molar-refractivity contribution in [1.29, 1.82) is 0 Å². The minimum atomic E-state index is -2.23. The lowest BCUT2D eigenvalue weighted by Crippen LogP contribution is -2.77. The molecule has 9 atom stereocenters. The van der Waals surface area contributed by atoms with Crippen molar-refractivity contribution in [1.82, 2.24) is 10.6 Å². The van der Waals surface area contributed by atoms with Crippen molar-refractivity contribution in [2.24, 2.45) is 0 Å². The van der Waals surface area contributed by atoms with Crippen molar-refractivity contribution in [3.8, 4) is 0 Å². The van der Waals surface area contributed by atoms with Crippen molar-refractivity contribution >= 4 is 5.78 Å². The van der Waals surface area contributed by atoms with E-state index in [1.54, 1.807) is 21.0 Å². The molecule has 3 aliphatic rings. The maximum atomic E-state index is 12.2. The molecule has 0 aromatic heterocycles. The average Bonchev–Trinajstić information content (AvgIpc) is 2.49. The van der Waals surface area contributed by atoms with Gasteiger partial charge in [0.15, 0.2) is 5.78 Å². The van der Waals surface area contributed by atoms with Crippen molar-refractivity contribution in [2.45, 2.75) is 68.0 Å². The first-order chi connectivity index (χ1) is 10.8. The van der Waals surface area contributed by atoms with E-state index in [1.807, 2.05) is 0 Å². The summed E-state index contributed by atoms with van der Waals surface area (Å²) in [7, 11) is 3.24. The Labute approximate surface area is 155 Å². The van der Waals surface area contributed by atoms with Crippen molar-refractivity contribution in [3.63, 3.8) is 0 Å². The molecule has 2 heterocycles. The first-order valence-corrected chi connectivity index (χ1v) is 7.78. The Morgan fingerprint density at radius 1 is 0.963 bits per heavy atom. The lowest BCUT2D eigenvalue weighted by Gasteiger charge is -2.55. The van der Waals surface area contributed by atoms with E-state index in [9.17, 15) is 20.1 Å². The molecule has 13 heteroatoms. The Hall–Kier alpha value is -0.810. The Morgan fingerprint density at radius 3 is 2.04 bits per heavy atom. The third-order valence-corrected chi connectivity index (χ3v) is 4.93. The van der Waals surface area contributed by atoms with E-state index in [4.69, 9.17) is 14.2 Å². The van der Waals surface area contributed by atoms with Crippen LogP contribution in [0.1, 0.15) is 13.3 Å². The third-order valence-electron chi connectivity index (χ3n) is 4.93. The molecular weight excluding hydrogens is 372 g/mol. The second-order valence-electron chi connectivity index (χ2n) is 6.40. The standard InChI is InChI=1S/C14H24N2O7.4H2O/c1-5-4-6(17)14(20)13(21-5)22-12-10(19)7(15-2)9(18)8(16-3)11(12)23-14;;;;/h5,7-13,15-16,18-20H,4H2,1-3H3;4*1H2/t5-,7+,8+,9-,10+,11?,12?,13+,14+;;;;/m1..../s1. The summed E-state index contributed by atoms with van der Waals surface area (Å²) in [6, 6.07) is -1.29. The summed E-state index contributed by atoms with van der Waals surface area (Å²) in [6.45, 7) is 1.70. The Kier molecular flexibility index (Phi) is 10.6. The second kappa shape index (κ2) is 10.1. The molecule has 0 aromatic carbocycles. The van der Waals surface area contributed by atoms with Crippen LogP contribution in [0.2, 0.25) is 0 Å². The highest BCUT2D eigenvalue weighted by molar-refractivity contribution is 5.87. The van der Waals surface area contributed by atoms with Gasteiger partial charge in [-0.15, -0.1) is 0 Å². The van der Waals surface area contributed by atoms with Gasteiger partial charge in [-0.25, -0.2) is 0 Å². The summed E-state index contributed by atoms with van der Waals surface area (Å²) < 4.78 is 16.8. The zero-order valence-electron chi connectivity index (χ0n) is 15.3. The fourth-order valence-corrected chi connectivity index (χ4v) is 3.68. The lowest BCUT2D eigenvalue weighted by atomic mass is 9.80. The van der Waals surface area contributed by atoms with Gasteiger partial charge in [0.2, 0.25) is 6.29 Å². The van der Waals surface area contributed by atoms with Crippen molar-refractivity contribution < 1.29 is 56.2 Å². The van der Waals surface area contributed by atoms with Crippen LogP contribution in [0, 0.1) is 0 Å². The number of hydrogen-bond donors (Lipinski definition) is 5. The number of Topliss-reactive ketones (excluding diaryl/α,β-unsaturated/α-hetero) is 1. The lowest BCUT2D eigenvalue weighted by molar-refractivity contribution is -0.420. The van der Waals surface area contributed by atoms with E-state index in [0.717, 1.165) is 0 Å². The minimum absolute atomic E-state index is 0. The molecule has 27 heavy (non-hydrogen) atoms. The second-order valence-corrected chi connectivity index (χ2v) is 6.40. The third kappa shape index (κ3) is 4.29. The van der Waals surface area contributed by atoms with Gasteiger partial charge in [0.25, 0.3) is 5.79 Å². The number of carbonyl (C=O) groups is 1. The zero-order chi connectivity index (χ0) is 16.9. The summed E-state index contributed by atoms with van der Waals surface area (Å²) in [5.74, 6) is -2.76. The van der Waals surface area contributed by atoms with Crippen LogP contribution >= 0.6 is 0 Å². The molecule has 0 aromatic rings. The SMILES string of the molecule is CN[C@H]1[C@@H](O)[C@H](NC)C2O[C@@]3(O)C(=O)C[C@@H](C)O[C@H]3OC2[C@H]1O.O.O.O.O. The monoisotopic (exact) mass is 404 g/mol. The number of fused-ring (bicyclic) bond motifs is 2. The van der Waals surface area contributed by atoms with Crippen LogP contribution in [-0.2, 0) is 19.0 Å². The first kappa shape index (κ1) is 28.4. The molecule has 0 spiro atoms. The predicted octanol–water partition coefficient (Wildman–Crippen LogP) is -6.22. The average molecular weight is 404 g/mol. The van der Waals surface area contributed by atoms with E-state index >= 15 is 0 Å². The minimum Gasteiger partial charge on any atom is -0.412 e. The number of likely N-dealkylation sites (N-methyl/N-ethyl adjacent to an activating group) is 2. The molecule has 3 rings (SSSR count). The van der Waals surface area contributed by atoms with Gasteiger partial charge in [0, 0.05) is 6.42 Å². The molecule has 3 fully saturated rings. The van der Waals surface area contributed by atoms with Crippen LogP contribution in [0.25, 0.3) is 0 Å². The van der Waals surface area contributed by atoms with E-state index in [1.165, 1.54) is 0 Å². The molecule has 13 N–H and O–H groups in total. The maximum Gasteiger partial charge on any atom is 0.280 e. The molecule has 1 saturated carbocycles. The Morgan fingerprint density at radius 2 is 1.52 bits per heavy atom. The Bertz CT molecular complexity index is 484. The number of rotatable bonds is 2. The number of aliphatic hydroxyl groups is 3. The van der Waals surface area contributed by atoms with Crippen LogP contribution in [0.5, 0.6) is 0 Å². The fourth-order valence-electron chi connectivity index (χ4n) is 3.68. The van der Waals surface area contributed by atoms with E-state index < -0.39 is 60.5 Å². The number of carbonyl (C=O) groups excluding carboxylic acids is 1. The van der Waals surface area contributed by atoms with Crippen LogP contribution in [0.4, 0.5) is 0 Å². The van der Waals surface area contributed by atoms with Gasteiger partial charge in [-0.05, 0) is 21.0 Å². The summed E-state index contributed by atoms with van der Waals surface area (Å²) in [5.41, 5.74) is 0. The zero-order valence-corrected chi connectivity index (χ0v) is 15.3. The molecule has 2 saturated heterocycles. The summed E-state index contributed by atoms with van der Waals surface area (Å²) in [5, 5.41) is 37.2. The Balaban J connectivity index is 0. The van der Waals surface area contributed by atoms with Crippen molar-refractivity contribution in [3.05, 3.63) is 0 Å². The van der Waals surface area contributed by atoms with Gasteiger partial charge in [0.05, 0.1) is 24.3 Å². The van der Waals surface area contributed by atoms with Gasteiger partial charge in [0.1, 0.15) is 18.3 Å². The topological polar surface area (TPSA) is 256 Å². The normalized spacial score (nSPS) is 45.6. The largest absolute Gasteiger partial charge is 0.412 e. The molecule has 0 radical (unpaired) electrons. The summed E-state index contributed by atoms with van der Waals surface area (Å²) in [4.78, 5) is 12.2. The van der Waals surface area contributed by atoms with E-state index in [-0.39, 0.29) is 28.3 Å². The molecule has 164 valence electrons. The quantitative estimate of drug-likeness (QED) is 0.293. The molecule has 0 bridgehead atoms. The molecule has 2 unspecified atom stereocenters. The number of hydrogen-bond acceptors (Lipinski definition) is 9. The highest BCUT2D eigenvalue weighted by Gasteiger charge is 2.63. The number of ether oxygens (including phenoxy) is 3. The van der Waals surface area contributed by atoms with Crippen LogP contribution < -0.4 is 10.6 Å². The summed E-state index contributed by atoms with van der Waals surface area (Å²) in [6.07, 6.45) is -5.58. The molecule has 13 nitrogen and oxygen atoms in total. The van der Waals surface area contributed by atoms with Gasteiger partial charge in [-0.1, -0.05) is 0 Å². The van der Waals surface area contributed by atoms with Gasteiger partial charge >= 0.3 is 0 Å². The number of nitrogens with one attached hydrogen (secondary N) is 2. The summed E-state index contributed by atoms with van der Waals surface area (Å²) >= 11 is 0. The highest BCUT2D eigenvalue weighted by atomic mass is 16.8. The van der Waals surface area contributed by atoms with E-state index in [2.05, 4.69) is 10.6 Å². The molecule has 0 amide bonds. The van der Waals surface area contributed by atoms with E-state index in [0.29, 0.717) is 0 Å². The van der Waals surface area contributed by atoms with Gasteiger partial charge < -0.3 is 62.1 Å². The number of ketones is 1. The van der Waals surface area contributed by atoms with Crippen LogP contribution in [0.3, 0.4) is 0 Å². The molecule has 2 aliphatic heterocycles. The predicted molar refractivity (Wildman–Crippen MR) is 90.8 cm³/mol. The van der Waals surface area contributed by atoms with Crippen molar-refractivity contribution in [2.75, 3.05) is 14.1 Å². The maximum absolute atomic E-state index is 12.2. The van der Waals surface area contributed by atoms with Crippen LogP contribution in [-0.4, -0.2) is 112 Å². The smallest absolute Gasteiger partial charge is 0.280 e. The molecule has 1 aliphatic carbocycles. The molecular formula is C14H32N2O11. The highest BCUT2D eigenvalue weighted by Crippen LogP contribution is 2.40. The fraction of sp³-hybridized carbons (Fsp3) is 0.929. The number of aliphatic hydroxyl groups excluding tert-OH is 2.